The molecule has 0 heterocycles. The van der Waals surface area contributed by atoms with Crippen LogP contribution in [0.15, 0.2) is 0 Å². The Kier molecular flexibility index (Phi) is 52.6. The maximum absolute atomic E-state index is 13.3. The normalized spacial score (nSPS) is 14.6. The number of hydrogen-bond acceptors (Lipinski definition) is 15. The summed E-state index contributed by atoms with van der Waals surface area (Å²) < 4.78 is 32.2. The molecule has 468 valence electrons. The number of hydrogen-bond donors (Lipinski definition) is 5. The van der Waals surface area contributed by atoms with Gasteiger partial charge in [0.05, 0.1) is 0 Å². The molecule has 0 rings (SSSR count). The van der Waals surface area contributed by atoms with Crippen LogP contribution in [0.3, 0.4) is 0 Å². The summed E-state index contributed by atoms with van der Waals surface area (Å²) in [7, 11) is 0. The molecule has 0 N–H and O–H groups in total. The Morgan fingerprint density at radius 1 is 0.278 bits per heavy atom. The summed E-state index contributed by atoms with van der Waals surface area (Å²) in [5.74, 6) is 1.10. The van der Waals surface area contributed by atoms with Gasteiger partial charge in [0, 0.05) is 0 Å². The van der Waals surface area contributed by atoms with E-state index in [0.29, 0.717) is 68.1 Å². The second kappa shape index (κ2) is 50.8. The predicted octanol–water partition coefficient (Wildman–Crippen LogP) is 19.0. The van der Waals surface area contributed by atoms with E-state index in [-0.39, 0.29) is 16.4 Å². The van der Waals surface area contributed by atoms with Gasteiger partial charge in [0.15, 0.2) is 0 Å². The maximum atomic E-state index is 13.3. The monoisotopic (exact) mass is 1430 g/mol. The van der Waals surface area contributed by atoms with Gasteiger partial charge in [-0.05, 0) is 0 Å². The van der Waals surface area contributed by atoms with E-state index in [2.05, 4.69) is 146 Å². The molecule has 5 atom stereocenters. The van der Waals surface area contributed by atoms with Crippen LogP contribution in [0, 0.1) is 29.6 Å². The molecular weight excluding hydrogens is 1300 g/mol. The summed E-state index contributed by atoms with van der Waals surface area (Å²) in [6, 6.07) is 0. The fourth-order valence-corrected chi connectivity index (χ4v) is 28.8. The first kappa shape index (κ1) is 81.8. The van der Waals surface area contributed by atoms with E-state index >= 15 is 0 Å². The quantitative estimate of drug-likeness (QED) is 0.0228. The first-order valence-corrected chi connectivity index (χ1v) is 46.3. The van der Waals surface area contributed by atoms with Gasteiger partial charge in [-0.1, -0.05) is 0 Å². The Balaban J connectivity index is 0. The Bertz CT molecular complexity index is 1420. The molecule has 0 saturated heterocycles. The van der Waals surface area contributed by atoms with Gasteiger partial charge in [0.1, 0.15) is 0 Å². The van der Waals surface area contributed by atoms with E-state index in [1.165, 1.54) is 25.7 Å². The molecule has 0 fully saturated rings. The Labute approximate surface area is 524 Å². The molecule has 79 heavy (non-hydrogen) atoms. The first-order valence-electron chi connectivity index (χ1n) is 31.8. The third-order valence-corrected chi connectivity index (χ3v) is 33.3. The molecule has 0 aromatic rings. The Morgan fingerprint density at radius 2 is 0.468 bits per heavy atom. The van der Waals surface area contributed by atoms with Crippen molar-refractivity contribution in [1.29, 1.82) is 0 Å². The molecule has 10 nitrogen and oxygen atoms in total. The van der Waals surface area contributed by atoms with Crippen LogP contribution in [-0.2, 0) is 39.3 Å². The number of thiol groups is 5. The third-order valence-electron chi connectivity index (χ3n) is 14.2. The van der Waals surface area contributed by atoms with E-state index < -0.39 is 83.0 Å². The minimum atomic E-state index is -5.08. The van der Waals surface area contributed by atoms with Gasteiger partial charge in [-0.25, -0.2) is 0 Å². The van der Waals surface area contributed by atoms with Crippen LogP contribution in [-0.4, -0.2) is 94.9 Å². The van der Waals surface area contributed by atoms with Crippen LogP contribution >= 0.6 is 63.1 Å². The zero-order valence-corrected chi connectivity index (χ0v) is 62.8. The van der Waals surface area contributed by atoms with Crippen LogP contribution in [0.25, 0.3) is 0 Å². The molecule has 0 radical (unpaired) electrons. The van der Waals surface area contributed by atoms with Crippen molar-refractivity contribution in [2.45, 2.75) is 329 Å². The molecule has 0 bridgehead atoms. The average molecular weight is 1430 g/mol. The van der Waals surface area contributed by atoms with Crippen molar-refractivity contribution in [2.24, 2.45) is 29.6 Å². The molecule has 0 aliphatic carbocycles. The number of rotatable bonds is 49. The molecular formula is C62H122O10S5Sn2. The zero-order chi connectivity index (χ0) is 60.2. The van der Waals surface area contributed by atoms with Crippen molar-refractivity contribution in [1.82, 2.24) is 0 Å². The number of carbonyl (C=O) groups excluding carboxylic acids is 5. The van der Waals surface area contributed by atoms with Crippen molar-refractivity contribution < 1.29 is 39.3 Å². The predicted molar refractivity (Wildman–Crippen MR) is 355 cm³/mol. The molecule has 0 spiro atoms. The van der Waals surface area contributed by atoms with Gasteiger partial charge < -0.3 is 0 Å². The Morgan fingerprint density at radius 3 is 0.671 bits per heavy atom. The number of unbranched alkanes of at least 4 members (excludes halogenated alkanes) is 13. The zero-order valence-electron chi connectivity index (χ0n) is 52.6. The molecule has 0 aliphatic heterocycles. The molecule has 0 aliphatic rings. The molecule has 0 amide bonds. The molecule has 17 heteroatoms. The average Bonchev–Trinajstić information content (AvgIpc) is 3.37. The van der Waals surface area contributed by atoms with Gasteiger partial charge in [0.25, 0.3) is 0 Å². The standard InChI is InChI=1S/5C10H20O2S.3C4H9.2Sn/c5*1-8(2)6-4-3-5-7-9(13)10(11)12;3*1-3-4-2;;/h5*8-9,13H,3-7H2,1-2H3,(H,11,12);3*1,3-4H2,2H3;;/q;;;;;;;;+2;+3/p-5. The van der Waals surface area contributed by atoms with Gasteiger partial charge in [-0.15, -0.1) is 0 Å². The minimum absolute atomic E-state index is 0.243. The van der Waals surface area contributed by atoms with Crippen LogP contribution in [0.1, 0.15) is 289 Å². The van der Waals surface area contributed by atoms with Gasteiger partial charge in [-0.2, -0.15) is 0 Å². The summed E-state index contributed by atoms with van der Waals surface area (Å²) in [5, 5.41) is -2.92. The topological polar surface area (TPSA) is 132 Å². The van der Waals surface area contributed by atoms with Crippen molar-refractivity contribution >= 4 is 132 Å². The fraction of sp³-hybridized carbons (Fsp3) is 0.919. The van der Waals surface area contributed by atoms with Crippen LogP contribution in [0.4, 0.5) is 0 Å². The van der Waals surface area contributed by atoms with Crippen LogP contribution < -0.4 is 0 Å². The Hall–Kier alpha value is 0.697. The summed E-state index contributed by atoms with van der Waals surface area (Å²) in [5.41, 5.74) is 0. The van der Waals surface area contributed by atoms with Crippen molar-refractivity contribution in [3.63, 3.8) is 0 Å². The van der Waals surface area contributed by atoms with Crippen LogP contribution in [0.2, 0.25) is 13.3 Å². The molecule has 5 unspecified atom stereocenters. The summed E-state index contributed by atoms with van der Waals surface area (Å²) in [6.45, 7) is 28.4. The second-order valence-corrected chi connectivity index (χ2v) is 44.2. The fourth-order valence-electron chi connectivity index (χ4n) is 8.94. The van der Waals surface area contributed by atoms with Gasteiger partial charge in [0.2, 0.25) is 0 Å². The van der Waals surface area contributed by atoms with Crippen molar-refractivity contribution in [3.8, 4) is 0 Å². The van der Waals surface area contributed by atoms with Gasteiger partial charge in [-0.3, -0.25) is 0 Å². The van der Waals surface area contributed by atoms with E-state index in [0.717, 1.165) is 144 Å². The van der Waals surface area contributed by atoms with Crippen molar-refractivity contribution in [3.05, 3.63) is 0 Å². The van der Waals surface area contributed by atoms with E-state index in [9.17, 15) is 24.0 Å². The van der Waals surface area contributed by atoms with E-state index in [1.54, 1.807) is 0 Å². The van der Waals surface area contributed by atoms with Crippen LogP contribution in [0.5, 0.6) is 0 Å². The second-order valence-electron chi connectivity index (χ2n) is 24.7. The molecule has 0 aromatic carbocycles. The van der Waals surface area contributed by atoms with Gasteiger partial charge >= 0.3 is 529 Å². The summed E-state index contributed by atoms with van der Waals surface area (Å²) >= 11 is 13.7. The summed E-state index contributed by atoms with van der Waals surface area (Å²) in [6.07, 6.45) is 29.5. The first-order chi connectivity index (χ1) is 37.3. The molecule has 0 saturated carbocycles. The number of carbonyl (C=O) groups is 5. The van der Waals surface area contributed by atoms with Crippen molar-refractivity contribution in [2.75, 3.05) is 0 Å². The van der Waals surface area contributed by atoms with E-state index in [4.69, 9.17) is 15.4 Å². The third kappa shape index (κ3) is 45.7. The van der Waals surface area contributed by atoms with E-state index in [1.807, 2.05) is 6.92 Å². The summed E-state index contributed by atoms with van der Waals surface area (Å²) in [4.78, 5) is 66.1. The SMILES string of the molecule is CCC[CH2][Sn]([CH2]CCC)([O]C(=O)C(S)CCCCCC(C)C)[O]C(=O)C(S)CCCCCC(C)C.CCC[CH2][Sn]([O]C(=O)C(S)CCCCCC(C)C)([O]C(=O)C(S)CCCCCC(C)C)[O]C(=O)C(S)CCCCCC(C)C. The molecule has 0 aromatic heterocycles.